The number of carbonyl (C=O) groups is 1. The van der Waals surface area contributed by atoms with Crippen molar-refractivity contribution >= 4 is 74.0 Å². The maximum Gasteiger partial charge on any atom is 0.220 e. The molecule has 1 unspecified atom stereocenters. The molecule has 2 heterocycles. The van der Waals surface area contributed by atoms with Gasteiger partial charge in [0.2, 0.25) is 11.8 Å². The lowest BCUT2D eigenvalue weighted by Gasteiger charge is -2.16. The third-order valence-electron chi connectivity index (χ3n) is 4.92. The van der Waals surface area contributed by atoms with Crippen molar-refractivity contribution in [2.24, 2.45) is 5.73 Å². The molecular weight excluding hydrogens is 550 g/mol. The number of methoxy groups -OCH3 is 2. The smallest absolute Gasteiger partial charge is 0.220 e. The number of ketones is 1. The standard InChI is InChI=1S/C12H12Cl2N4O.C11H10Cl2N2O2/c1-12(16,5-15)6-18-11(19-2)8-3-7(13)4-9(14)10(8)17-18;1-6(16)5-15-11(17-2)8-3-7(12)4-9(13)10(8)14-15/h3-4H,6,16H2,1-2H3;3-4H,5H2,1-2H3. The number of benzene rings is 2. The number of carbonyl (C=O) groups excluding carboxylic acids is 1. The Morgan fingerprint density at radius 3 is 1.83 bits per heavy atom. The number of hydrogen-bond donors (Lipinski definition) is 1. The van der Waals surface area contributed by atoms with Crippen LogP contribution in [0.4, 0.5) is 0 Å². The van der Waals surface area contributed by atoms with Crippen molar-refractivity contribution < 1.29 is 14.3 Å². The van der Waals surface area contributed by atoms with Gasteiger partial charge in [0.25, 0.3) is 0 Å². The van der Waals surface area contributed by atoms with Crippen molar-refractivity contribution in [2.45, 2.75) is 32.5 Å². The molecule has 0 saturated carbocycles. The molecule has 36 heavy (non-hydrogen) atoms. The molecule has 4 rings (SSSR count). The van der Waals surface area contributed by atoms with Gasteiger partial charge in [-0.25, -0.2) is 9.36 Å². The largest absolute Gasteiger partial charge is 0.481 e. The van der Waals surface area contributed by atoms with Crippen LogP contribution >= 0.6 is 46.4 Å². The van der Waals surface area contributed by atoms with Gasteiger partial charge in [-0.1, -0.05) is 46.4 Å². The molecule has 0 fully saturated rings. The summed E-state index contributed by atoms with van der Waals surface area (Å²) >= 11 is 24.0. The molecule has 2 aromatic carbocycles. The van der Waals surface area contributed by atoms with E-state index in [0.717, 1.165) is 0 Å². The Bertz CT molecular complexity index is 1490. The van der Waals surface area contributed by atoms with Gasteiger partial charge in [0.1, 0.15) is 23.1 Å². The number of nitrogens with two attached hydrogens (primary N) is 1. The molecule has 0 spiro atoms. The van der Waals surface area contributed by atoms with Gasteiger partial charge >= 0.3 is 0 Å². The van der Waals surface area contributed by atoms with Crippen LogP contribution in [0.5, 0.6) is 11.8 Å². The maximum absolute atomic E-state index is 11.1. The molecule has 0 aliphatic heterocycles. The van der Waals surface area contributed by atoms with E-state index >= 15 is 0 Å². The molecule has 0 bridgehead atoms. The summed E-state index contributed by atoms with van der Waals surface area (Å²) in [4.78, 5) is 11.1. The van der Waals surface area contributed by atoms with Crippen LogP contribution in [0.25, 0.3) is 21.8 Å². The zero-order valence-corrected chi connectivity index (χ0v) is 22.8. The molecule has 13 heteroatoms. The fourth-order valence-electron chi connectivity index (χ4n) is 3.47. The first kappa shape index (κ1) is 27.8. The Morgan fingerprint density at radius 1 is 0.972 bits per heavy atom. The summed E-state index contributed by atoms with van der Waals surface area (Å²) in [5.74, 6) is 0.948. The first-order chi connectivity index (χ1) is 16.9. The minimum absolute atomic E-state index is 0.0154. The SMILES string of the molecule is COc1c2cc(Cl)cc(Cl)c2nn1CC(C)(N)C#N.COc1c2cc(Cl)cc(Cl)c2nn1CC(C)=O. The monoisotopic (exact) mass is 570 g/mol. The van der Waals surface area contributed by atoms with Crippen LogP contribution in [0.1, 0.15) is 13.8 Å². The highest BCUT2D eigenvalue weighted by atomic mass is 35.5. The molecule has 0 saturated heterocycles. The van der Waals surface area contributed by atoms with Crippen LogP contribution in [-0.2, 0) is 17.9 Å². The highest BCUT2D eigenvalue weighted by molar-refractivity contribution is 6.39. The van der Waals surface area contributed by atoms with E-state index in [9.17, 15) is 4.79 Å². The first-order valence-corrected chi connectivity index (χ1v) is 11.9. The van der Waals surface area contributed by atoms with Gasteiger partial charge in [-0.2, -0.15) is 15.5 Å². The zero-order valence-electron chi connectivity index (χ0n) is 19.8. The van der Waals surface area contributed by atoms with E-state index in [4.69, 9.17) is 66.9 Å². The normalized spacial score (nSPS) is 12.6. The fraction of sp³-hybridized carbons (Fsp3) is 0.304. The molecule has 4 aromatic rings. The molecule has 0 amide bonds. The van der Waals surface area contributed by atoms with Crippen LogP contribution in [0.15, 0.2) is 24.3 Å². The number of nitriles is 1. The van der Waals surface area contributed by atoms with E-state index in [1.807, 2.05) is 6.07 Å². The molecule has 0 aliphatic carbocycles. The number of nitrogens with zero attached hydrogens (tertiary/aromatic N) is 5. The van der Waals surface area contributed by atoms with Crippen molar-refractivity contribution in [3.8, 4) is 17.8 Å². The molecule has 0 radical (unpaired) electrons. The average molecular weight is 572 g/mol. The molecule has 1 atom stereocenters. The van der Waals surface area contributed by atoms with Crippen LogP contribution < -0.4 is 15.2 Å². The summed E-state index contributed by atoms with van der Waals surface area (Å²) in [5.41, 5.74) is 5.92. The van der Waals surface area contributed by atoms with Crippen LogP contribution in [0.3, 0.4) is 0 Å². The van der Waals surface area contributed by atoms with Crippen LogP contribution in [0.2, 0.25) is 20.1 Å². The molecule has 2 aromatic heterocycles. The van der Waals surface area contributed by atoms with Gasteiger partial charge in [0.15, 0.2) is 5.78 Å². The Hall–Kier alpha value is -2.74. The van der Waals surface area contributed by atoms with Crippen molar-refractivity contribution in [1.29, 1.82) is 5.26 Å². The second kappa shape index (κ2) is 11.1. The number of hydrogen-bond acceptors (Lipinski definition) is 7. The maximum atomic E-state index is 11.1. The number of ether oxygens (including phenoxy) is 2. The Labute approximate surface area is 227 Å². The lowest BCUT2D eigenvalue weighted by Crippen LogP contribution is -2.39. The second-order valence-corrected chi connectivity index (χ2v) is 9.82. The van der Waals surface area contributed by atoms with Crippen molar-refractivity contribution in [3.63, 3.8) is 0 Å². The number of rotatable bonds is 6. The van der Waals surface area contributed by atoms with E-state index in [1.54, 1.807) is 31.2 Å². The summed E-state index contributed by atoms with van der Waals surface area (Å²) in [6.45, 7) is 3.44. The Morgan fingerprint density at radius 2 is 1.42 bits per heavy atom. The minimum atomic E-state index is -1.05. The van der Waals surface area contributed by atoms with E-state index in [-0.39, 0.29) is 18.9 Å². The van der Waals surface area contributed by atoms with E-state index in [0.29, 0.717) is 53.7 Å². The predicted octanol–water partition coefficient (Wildman–Crippen LogP) is 5.53. The van der Waals surface area contributed by atoms with Gasteiger partial charge in [-0.3, -0.25) is 4.79 Å². The number of Topliss-reactive ketones (excluding diaryl/α,β-unsaturated/α-hetero) is 1. The van der Waals surface area contributed by atoms with Gasteiger partial charge in [-0.15, -0.1) is 0 Å². The molecule has 190 valence electrons. The summed E-state index contributed by atoms with van der Waals surface area (Å²) in [6, 6.07) is 8.65. The van der Waals surface area contributed by atoms with E-state index in [1.165, 1.54) is 30.5 Å². The molecule has 9 nitrogen and oxygen atoms in total. The number of fused-ring (bicyclic) bond motifs is 2. The topological polar surface area (TPSA) is 121 Å². The predicted molar refractivity (Wildman–Crippen MR) is 141 cm³/mol. The summed E-state index contributed by atoms with van der Waals surface area (Å²) in [5, 5.41) is 20.8. The zero-order chi connectivity index (χ0) is 26.8. The highest BCUT2D eigenvalue weighted by Gasteiger charge is 2.23. The van der Waals surface area contributed by atoms with Crippen molar-refractivity contribution in [3.05, 3.63) is 44.4 Å². The van der Waals surface area contributed by atoms with Crippen LogP contribution in [0, 0.1) is 11.3 Å². The van der Waals surface area contributed by atoms with Gasteiger partial charge < -0.3 is 15.2 Å². The average Bonchev–Trinajstić information content (AvgIpc) is 3.30. The summed E-state index contributed by atoms with van der Waals surface area (Å²) < 4.78 is 13.6. The van der Waals surface area contributed by atoms with Gasteiger partial charge in [0, 0.05) is 10.0 Å². The first-order valence-electron chi connectivity index (χ1n) is 10.4. The van der Waals surface area contributed by atoms with Crippen LogP contribution in [-0.4, -0.2) is 45.1 Å². The lowest BCUT2D eigenvalue weighted by atomic mass is 10.1. The van der Waals surface area contributed by atoms with Gasteiger partial charge in [0.05, 0.1) is 47.7 Å². The Balaban J connectivity index is 0.000000202. The lowest BCUT2D eigenvalue weighted by molar-refractivity contribution is -0.117. The number of halogens is 4. The third-order valence-corrected chi connectivity index (χ3v) is 5.93. The third kappa shape index (κ3) is 5.97. The molecule has 0 aliphatic rings. The molecule has 2 N–H and O–H groups in total. The minimum Gasteiger partial charge on any atom is -0.481 e. The van der Waals surface area contributed by atoms with Crippen molar-refractivity contribution in [1.82, 2.24) is 19.6 Å². The quantitative estimate of drug-likeness (QED) is 0.323. The second-order valence-electron chi connectivity index (χ2n) is 8.13. The fourth-order valence-corrected chi connectivity index (χ4v) is 4.54. The summed E-state index contributed by atoms with van der Waals surface area (Å²) in [7, 11) is 3.03. The number of aromatic nitrogens is 4. The summed E-state index contributed by atoms with van der Waals surface area (Å²) in [6.07, 6.45) is 0. The van der Waals surface area contributed by atoms with Crippen molar-refractivity contribution in [2.75, 3.05) is 14.2 Å². The van der Waals surface area contributed by atoms with Gasteiger partial charge in [-0.05, 0) is 38.1 Å². The van der Waals surface area contributed by atoms with E-state index < -0.39 is 5.54 Å². The highest BCUT2D eigenvalue weighted by Crippen LogP contribution is 2.35. The van der Waals surface area contributed by atoms with E-state index in [2.05, 4.69) is 10.2 Å². The molecular formula is C23H22Cl4N6O3. The Kier molecular flexibility index (Phi) is 8.59.